The number of hydrogen-bond acceptors (Lipinski definition) is 4. The number of benzene rings is 2. The van der Waals surface area contributed by atoms with E-state index in [-0.39, 0.29) is 17.1 Å². The van der Waals surface area contributed by atoms with E-state index < -0.39 is 0 Å². The molecule has 0 atom stereocenters. The first kappa shape index (κ1) is 21.2. The fourth-order valence-electron chi connectivity index (χ4n) is 3.23. The number of hydrogen-bond donors (Lipinski definition) is 0. The minimum absolute atomic E-state index is 0.183. The Kier molecular flexibility index (Phi) is 6.48. The summed E-state index contributed by atoms with van der Waals surface area (Å²) < 4.78 is 5.65. The zero-order chi connectivity index (χ0) is 21.1. The fourth-order valence-corrected chi connectivity index (χ4v) is 4.21. The van der Waals surface area contributed by atoms with Crippen molar-refractivity contribution in [2.45, 2.75) is 46.3 Å². The van der Waals surface area contributed by atoms with Crippen molar-refractivity contribution in [3.63, 3.8) is 0 Å². The summed E-state index contributed by atoms with van der Waals surface area (Å²) in [6.45, 7) is 10.6. The van der Waals surface area contributed by atoms with Gasteiger partial charge < -0.3 is 4.74 Å². The lowest BCUT2D eigenvalue weighted by molar-refractivity contribution is -0.119. The van der Waals surface area contributed by atoms with Gasteiger partial charge in [-0.1, -0.05) is 45.0 Å². The van der Waals surface area contributed by atoms with Gasteiger partial charge >= 0.3 is 0 Å². The quantitative estimate of drug-likeness (QED) is 0.565. The molecule has 2 aromatic carbocycles. The van der Waals surface area contributed by atoms with Crippen LogP contribution in [0.3, 0.4) is 0 Å². The molecule has 0 saturated heterocycles. The van der Waals surface area contributed by atoms with Gasteiger partial charge in [-0.2, -0.15) is 0 Å². The zero-order valence-electron chi connectivity index (χ0n) is 17.6. The highest BCUT2D eigenvalue weighted by Crippen LogP contribution is 2.41. The highest BCUT2D eigenvalue weighted by atomic mass is 32.2. The standard InChI is InChI=1S/C24H27NO3S/c1-6-13-28-19-11-9-18(10-12-19)21-22(29-15(2)3)24(27)25(23(21)26)20-14-16(4)7-8-17(20)5/h7-12,14-15H,6,13H2,1-5H3. The first-order valence-electron chi connectivity index (χ1n) is 9.93. The van der Waals surface area contributed by atoms with Gasteiger partial charge in [-0.15, -0.1) is 11.8 Å². The van der Waals surface area contributed by atoms with E-state index in [2.05, 4.69) is 6.92 Å². The summed E-state index contributed by atoms with van der Waals surface area (Å²) >= 11 is 1.44. The summed E-state index contributed by atoms with van der Waals surface area (Å²) in [5.74, 6) is 0.246. The van der Waals surface area contributed by atoms with Crippen LogP contribution in [0.5, 0.6) is 5.75 Å². The summed E-state index contributed by atoms with van der Waals surface area (Å²) in [5, 5.41) is 0.183. The van der Waals surface area contributed by atoms with Gasteiger partial charge in [0.2, 0.25) is 0 Å². The number of nitrogens with zero attached hydrogens (tertiary/aromatic N) is 1. The Bertz CT molecular complexity index is 961. The molecule has 0 bridgehead atoms. The van der Waals surface area contributed by atoms with Crippen molar-refractivity contribution in [3.05, 3.63) is 64.1 Å². The number of carbonyl (C=O) groups excluding carboxylic acids is 2. The van der Waals surface area contributed by atoms with Crippen LogP contribution < -0.4 is 9.64 Å². The number of ether oxygens (including phenoxy) is 1. The van der Waals surface area contributed by atoms with E-state index in [4.69, 9.17) is 4.74 Å². The molecule has 0 saturated carbocycles. The molecule has 0 unspecified atom stereocenters. The average Bonchev–Trinajstić information content (AvgIpc) is 2.92. The van der Waals surface area contributed by atoms with Crippen molar-refractivity contribution in [2.75, 3.05) is 11.5 Å². The molecule has 0 spiro atoms. The second kappa shape index (κ2) is 8.87. The van der Waals surface area contributed by atoms with E-state index in [1.165, 1.54) is 16.7 Å². The van der Waals surface area contributed by atoms with Crippen LogP contribution in [0.2, 0.25) is 0 Å². The summed E-state index contributed by atoms with van der Waals surface area (Å²) in [6.07, 6.45) is 0.930. The van der Waals surface area contributed by atoms with Crippen LogP contribution in [0.4, 0.5) is 5.69 Å². The predicted octanol–water partition coefficient (Wildman–Crippen LogP) is 5.52. The molecule has 152 valence electrons. The topological polar surface area (TPSA) is 46.6 Å². The molecule has 2 amide bonds. The third-order valence-electron chi connectivity index (χ3n) is 4.62. The Balaban J connectivity index is 2.04. The van der Waals surface area contributed by atoms with Gasteiger partial charge in [-0.3, -0.25) is 9.59 Å². The van der Waals surface area contributed by atoms with Crippen LogP contribution in [0, 0.1) is 13.8 Å². The van der Waals surface area contributed by atoms with Crippen molar-refractivity contribution in [1.29, 1.82) is 0 Å². The summed E-state index contributed by atoms with van der Waals surface area (Å²) in [6, 6.07) is 13.3. The SMILES string of the molecule is CCCOc1ccc(C2=C(SC(C)C)C(=O)N(c3cc(C)ccc3C)C2=O)cc1. The average molecular weight is 410 g/mol. The maximum atomic E-state index is 13.4. The summed E-state index contributed by atoms with van der Waals surface area (Å²) in [4.78, 5) is 28.6. The van der Waals surface area contributed by atoms with Crippen LogP contribution in [0.25, 0.3) is 5.57 Å². The Labute approximate surface area is 176 Å². The van der Waals surface area contributed by atoms with Crippen LogP contribution in [-0.2, 0) is 9.59 Å². The van der Waals surface area contributed by atoms with Crippen LogP contribution in [0.15, 0.2) is 47.4 Å². The van der Waals surface area contributed by atoms with E-state index in [1.54, 1.807) is 0 Å². The van der Waals surface area contributed by atoms with Crippen molar-refractivity contribution in [1.82, 2.24) is 0 Å². The Hall–Kier alpha value is -2.53. The largest absolute Gasteiger partial charge is 0.494 e. The van der Waals surface area contributed by atoms with E-state index >= 15 is 0 Å². The zero-order valence-corrected chi connectivity index (χ0v) is 18.4. The van der Waals surface area contributed by atoms with E-state index in [9.17, 15) is 9.59 Å². The predicted molar refractivity (Wildman–Crippen MR) is 120 cm³/mol. The number of anilines is 1. The Morgan fingerprint density at radius 3 is 2.31 bits per heavy atom. The minimum atomic E-state index is -0.269. The number of carbonyl (C=O) groups is 2. The number of amides is 2. The van der Waals surface area contributed by atoms with Gasteiger partial charge in [0, 0.05) is 5.25 Å². The second-order valence-electron chi connectivity index (χ2n) is 7.48. The Morgan fingerprint density at radius 2 is 1.69 bits per heavy atom. The lowest BCUT2D eigenvalue weighted by Gasteiger charge is -2.18. The van der Waals surface area contributed by atoms with Crippen molar-refractivity contribution < 1.29 is 14.3 Å². The molecule has 1 aliphatic heterocycles. The molecule has 0 aliphatic carbocycles. The molecular weight excluding hydrogens is 382 g/mol. The maximum Gasteiger partial charge on any atom is 0.272 e. The van der Waals surface area contributed by atoms with E-state index in [0.29, 0.717) is 22.8 Å². The summed E-state index contributed by atoms with van der Waals surface area (Å²) in [5.41, 5.74) is 3.77. The minimum Gasteiger partial charge on any atom is -0.494 e. The van der Waals surface area contributed by atoms with Crippen molar-refractivity contribution in [2.24, 2.45) is 0 Å². The normalized spacial score (nSPS) is 14.3. The molecule has 0 radical (unpaired) electrons. The smallest absolute Gasteiger partial charge is 0.272 e. The molecule has 0 N–H and O–H groups in total. The van der Waals surface area contributed by atoms with E-state index in [1.807, 2.05) is 70.2 Å². The molecule has 1 aliphatic rings. The van der Waals surface area contributed by atoms with Crippen molar-refractivity contribution in [3.8, 4) is 5.75 Å². The van der Waals surface area contributed by atoms with Gasteiger partial charge in [-0.05, 0) is 55.2 Å². The molecule has 1 heterocycles. The first-order chi connectivity index (χ1) is 13.8. The highest BCUT2D eigenvalue weighted by molar-refractivity contribution is 8.04. The lowest BCUT2D eigenvalue weighted by Crippen LogP contribution is -2.32. The number of aryl methyl sites for hydroxylation is 2. The molecule has 0 fully saturated rings. The highest BCUT2D eigenvalue weighted by Gasteiger charge is 2.41. The fraction of sp³-hybridized carbons (Fsp3) is 0.333. The molecule has 4 nitrogen and oxygen atoms in total. The van der Waals surface area contributed by atoms with Gasteiger partial charge in [0.15, 0.2) is 0 Å². The van der Waals surface area contributed by atoms with Crippen LogP contribution in [0.1, 0.15) is 43.9 Å². The number of imide groups is 1. The third kappa shape index (κ3) is 4.40. The molecule has 3 rings (SSSR count). The monoisotopic (exact) mass is 409 g/mol. The second-order valence-corrected chi connectivity index (χ2v) is 9.07. The van der Waals surface area contributed by atoms with Gasteiger partial charge in [-0.25, -0.2) is 4.90 Å². The van der Waals surface area contributed by atoms with Gasteiger partial charge in [0.1, 0.15) is 5.75 Å². The maximum absolute atomic E-state index is 13.4. The van der Waals surface area contributed by atoms with Gasteiger partial charge in [0.25, 0.3) is 11.8 Å². The molecular formula is C24H27NO3S. The lowest BCUT2D eigenvalue weighted by atomic mass is 10.1. The van der Waals surface area contributed by atoms with E-state index in [0.717, 1.165) is 28.9 Å². The first-order valence-corrected chi connectivity index (χ1v) is 10.8. The summed E-state index contributed by atoms with van der Waals surface area (Å²) in [7, 11) is 0. The van der Waals surface area contributed by atoms with Crippen LogP contribution >= 0.6 is 11.8 Å². The number of rotatable bonds is 7. The molecule has 2 aromatic rings. The molecule has 29 heavy (non-hydrogen) atoms. The molecule has 0 aromatic heterocycles. The number of thioether (sulfide) groups is 1. The third-order valence-corrected chi connectivity index (χ3v) is 5.70. The van der Waals surface area contributed by atoms with Gasteiger partial charge in [0.05, 0.1) is 22.8 Å². The van der Waals surface area contributed by atoms with Crippen LogP contribution in [-0.4, -0.2) is 23.7 Å². The van der Waals surface area contributed by atoms with Crippen molar-refractivity contribution >= 4 is 34.8 Å². The molecule has 5 heteroatoms. The Morgan fingerprint density at radius 1 is 1.00 bits per heavy atom.